The van der Waals surface area contributed by atoms with E-state index in [1.54, 1.807) is 0 Å². The summed E-state index contributed by atoms with van der Waals surface area (Å²) in [5.74, 6) is -1.67. The predicted molar refractivity (Wildman–Crippen MR) is 83.6 cm³/mol. The van der Waals surface area contributed by atoms with E-state index in [2.05, 4.69) is 9.97 Å². The molecular formula is C16H20N2O4Pd. The van der Waals surface area contributed by atoms with Crippen LogP contribution in [0.2, 0.25) is 0 Å². The Balaban J connectivity index is 0. The van der Waals surface area contributed by atoms with Gasteiger partial charge >= 0.3 is 0 Å². The molecule has 0 radical (unpaired) electrons. The summed E-state index contributed by atoms with van der Waals surface area (Å²) in [6.07, 6.45) is 0. The van der Waals surface area contributed by atoms with Gasteiger partial charge in [-0.2, -0.15) is 0 Å². The van der Waals surface area contributed by atoms with E-state index >= 15 is 0 Å². The SMILES string of the molecule is CC(=O)O.CC(=O)O.Cc1cccc(-c2cccc(C)n2)n1.[Pd]. The van der Waals surface area contributed by atoms with Gasteiger partial charge in [0.15, 0.2) is 0 Å². The molecule has 6 nitrogen and oxygen atoms in total. The number of aromatic nitrogens is 2. The van der Waals surface area contributed by atoms with Gasteiger partial charge in [-0.05, 0) is 38.1 Å². The molecule has 0 saturated heterocycles. The Morgan fingerprint density at radius 3 is 1.26 bits per heavy atom. The Bertz CT molecular complexity index is 569. The van der Waals surface area contributed by atoms with Crippen LogP contribution in [-0.4, -0.2) is 32.1 Å². The maximum atomic E-state index is 9.00. The van der Waals surface area contributed by atoms with E-state index in [0.29, 0.717) is 0 Å². The van der Waals surface area contributed by atoms with Crippen molar-refractivity contribution < 1.29 is 40.2 Å². The normalized spacial score (nSPS) is 8.35. The molecule has 23 heavy (non-hydrogen) atoms. The number of hydrogen-bond donors (Lipinski definition) is 2. The van der Waals surface area contributed by atoms with E-state index in [4.69, 9.17) is 19.8 Å². The second kappa shape index (κ2) is 12.4. The second-order valence-electron chi connectivity index (χ2n) is 4.37. The number of carboxylic acid groups (broad SMARTS) is 2. The molecule has 2 aromatic heterocycles. The maximum Gasteiger partial charge on any atom is 0.300 e. The number of aryl methyl sites for hydroxylation is 2. The predicted octanol–water partition coefficient (Wildman–Crippen LogP) is 2.94. The fraction of sp³-hybridized carbons (Fsp3) is 0.250. The third-order valence-electron chi connectivity index (χ3n) is 2.04. The molecule has 0 aliphatic rings. The first-order valence-corrected chi connectivity index (χ1v) is 6.49. The van der Waals surface area contributed by atoms with Crippen molar-refractivity contribution in [3.05, 3.63) is 47.8 Å². The molecule has 0 aliphatic heterocycles. The zero-order valence-corrected chi connectivity index (χ0v) is 14.9. The van der Waals surface area contributed by atoms with Gasteiger partial charge < -0.3 is 10.2 Å². The molecule has 0 amide bonds. The van der Waals surface area contributed by atoms with Gasteiger partial charge in [-0.3, -0.25) is 19.6 Å². The average Bonchev–Trinajstić information content (AvgIpc) is 2.37. The van der Waals surface area contributed by atoms with Gasteiger partial charge in [0.1, 0.15) is 0 Å². The number of hydrogen-bond acceptors (Lipinski definition) is 4. The number of nitrogens with zero attached hydrogens (tertiary/aromatic N) is 2. The number of aliphatic carboxylic acids is 2. The van der Waals surface area contributed by atoms with Gasteiger partial charge in [0.25, 0.3) is 11.9 Å². The van der Waals surface area contributed by atoms with Crippen molar-refractivity contribution in [1.82, 2.24) is 9.97 Å². The van der Waals surface area contributed by atoms with Gasteiger partial charge in [0.2, 0.25) is 0 Å². The fourth-order valence-electron chi connectivity index (χ4n) is 1.37. The van der Waals surface area contributed by atoms with Gasteiger partial charge in [-0.1, -0.05) is 12.1 Å². The minimum absolute atomic E-state index is 0. The van der Waals surface area contributed by atoms with Gasteiger partial charge in [-0.15, -0.1) is 0 Å². The van der Waals surface area contributed by atoms with Gasteiger partial charge in [0, 0.05) is 45.7 Å². The van der Waals surface area contributed by atoms with Crippen LogP contribution in [0.1, 0.15) is 25.2 Å². The molecule has 2 aromatic rings. The van der Waals surface area contributed by atoms with Gasteiger partial charge in [0.05, 0.1) is 11.4 Å². The van der Waals surface area contributed by atoms with Crippen LogP contribution < -0.4 is 0 Å². The van der Waals surface area contributed by atoms with Crippen LogP contribution in [0.5, 0.6) is 0 Å². The Labute approximate surface area is 149 Å². The van der Waals surface area contributed by atoms with Crippen molar-refractivity contribution in [2.45, 2.75) is 27.7 Å². The van der Waals surface area contributed by atoms with Crippen LogP contribution in [0, 0.1) is 13.8 Å². The van der Waals surface area contributed by atoms with E-state index in [1.807, 2.05) is 50.2 Å². The van der Waals surface area contributed by atoms with Crippen LogP contribution in [-0.2, 0) is 30.0 Å². The number of carbonyl (C=O) groups is 2. The van der Waals surface area contributed by atoms with Crippen molar-refractivity contribution in [2.75, 3.05) is 0 Å². The summed E-state index contributed by atoms with van der Waals surface area (Å²) in [5.41, 5.74) is 3.92. The number of rotatable bonds is 1. The summed E-state index contributed by atoms with van der Waals surface area (Å²) in [7, 11) is 0. The number of pyridine rings is 2. The second-order valence-corrected chi connectivity index (χ2v) is 4.37. The molecular weight excluding hydrogens is 391 g/mol. The topological polar surface area (TPSA) is 100 Å². The molecule has 0 fully saturated rings. The third-order valence-corrected chi connectivity index (χ3v) is 2.04. The van der Waals surface area contributed by atoms with E-state index in [0.717, 1.165) is 36.6 Å². The van der Waals surface area contributed by atoms with E-state index in [1.165, 1.54) is 0 Å². The quantitative estimate of drug-likeness (QED) is 0.701. The van der Waals surface area contributed by atoms with Crippen molar-refractivity contribution >= 4 is 11.9 Å². The Morgan fingerprint density at radius 2 is 1.04 bits per heavy atom. The van der Waals surface area contributed by atoms with Crippen LogP contribution in [0.3, 0.4) is 0 Å². The van der Waals surface area contributed by atoms with Crippen molar-refractivity contribution in [3.63, 3.8) is 0 Å². The van der Waals surface area contributed by atoms with E-state index < -0.39 is 11.9 Å². The largest absolute Gasteiger partial charge is 0.481 e. The van der Waals surface area contributed by atoms with Crippen LogP contribution in [0.15, 0.2) is 36.4 Å². The molecule has 2 rings (SSSR count). The van der Waals surface area contributed by atoms with Gasteiger partial charge in [-0.25, -0.2) is 0 Å². The fourth-order valence-corrected chi connectivity index (χ4v) is 1.37. The van der Waals surface area contributed by atoms with Crippen molar-refractivity contribution in [3.8, 4) is 11.4 Å². The summed E-state index contributed by atoms with van der Waals surface area (Å²) < 4.78 is 0. The molecule has 0 spiro atoms. The Hall–Kier alpha value is -2.10. The molecule has 0 saturated carbocycles. The summed E-state index contributed by atoms with van der Waals surface area (Å²) in [6.45, 7) is 6.14. The summed E-state index contributed by atoms with van der Waals surface area (Å²) in [5, 5.41) is 14.8. The average molecular weight is 411 g/mol. The smallest absolute Gasteiger partial charge is 0.300 e. The Kier molecular flexibility index (Phi) is 12.5. The molecule has 128 valence electrons. The molecule has 2 heterocycles. The summed E-state index contributed by atoms with van der Waals surface area (Å²) in [4.78, 5) is 26.8. The van der Waals surface area contributed by atoms with Crippen LogP contribution in [0.25, 0.3) is 11.4 Å². The maximum absolute atomic E-state index is 9.00. The first-order valence-electron chi connectivity index (χ1n) is 6.49. The standard InChI is InChI=1S/C12H12N2.2C2H4O2.Pd/c1-9-5-3-7-11(13-9)12-8-4-6-10(2)14-12;2*1-2(3)4;/h3-8H,1-2H3;2*1H3,(H,3,4);. The zero-order chi connectivity index (χ0) is 17.1. The third kappa shape index (κ3) is 13.3. The van der Waals surface area contributed by atoms with Crippen molar-refractivity contribution in [2.24, 2.45) is 0 Å². The molecule has 7 heteroatoms. The van der Waals surface area contributed by atoms with Crippen LogP contribution in [0.4, 0.5) is 0 Å². The van der Waals surface area contributed by atoms with E-state index in [-0.39, 0.29) is 20.4 Å². The number of carboxylic acids is 2. The molecule has 0 atom stereocenters. The molecule has 0 unspecified atom stereocenters. The minimum Gasteiger partial charge on any atom is -0.481 e. The first-order chi connectivity index (χ1) is 10.2. The summed E-state index contributed by atoms with van der Waals surface area (Å²) >= 11 is 0. The minimum atomic E-state index is -0.833. The van der Waals surface area contributed by atoms with Crippen molar-refractivity contribution in [1.29, 1.82) is 0 Å². The Morgan fingerprint density at radius 1 is 0.783 bits per heavy atom. The molecule has 0 aromatic carbocycles. The molecule has 2 N–H and O–H groups in total. The first kappa shape index (κ1) is 23.2. The zero-order valence-electron chi connectivity index (χ0n) is 13.4. The monoisotopic (exact) mass is 410 g/mol. The molecule has 0 bridgehead atoms. The summed E-state index contributed by atoms with van der Waals surface area (Å²) in [6, 6.07) is 11.9. The molecule has 0 aliphatic carbocycles. The van der Waals surface area contributed by atoms with E-state index in [9.17, 15) is 0 Å². The van der Waals surface area contributed by atoms with Crippen LogP contribution >= 0.6 is 0 Å².